The van der Waals surface area contributed by atoms with Gasteiger partial charge in [-0.1, -0.05) is 24.3 Å². The number of amides is 2. The topological polar surface area (TPSA) is 67.4 Å². The van der Waals surface area contributed by atoms with Crippen molar-refractivity contribution in [1.29, 1.82) is 0 Å². The molecular weight excluding hydrogens is 372 g/mol. The molecule has 0 spiro atoms. The number of halogens is 1. The Morgan fingerprint density at radius 1 is 1.04 bits per heavy atom. The van der Waals surface area contributed by atoms with Crippen LogP contribution in [0.4, 0.5) is 5.69 Å². The van der Waals surface area contributed by atoms with E-state index >= 15 is 0 Å². The van der Waals surface area contributed by atoms with Gasteiger partial charge in [-0.05, 0) is 59.1 Å². The second-order valence-electron chi connectivity index (χ2n) is 5.29. The molecule has 0 bridgehead atoms. The molecule has 0 aliphatic carbocycles. The second-order valence-corrected chi connectivity index (χ2v) is 6.15. The van der Waals surface area contributed by atoms with Gasteiger partial charge in [0, 0.05) is 4.47 Å². The van der Waals surface area contributed by atoms with Crippen molar-refractivity contribution in [1.82, 2.24) is 5.32 Å². The molecule has 0 fully saturated rings. The largest absolute Gasteiger partial charge is 0.483 e. The number of hydrogen-bond donors (Lipinski definition) is 2. The number of anilines is 1. The molecule has 2 amide bonds. The van der Waals surface area contributed by atoms with Gasteiger partial charge in [0.25, 0.3) is 5.91 Å². The van der Waals surface area contributed by atoms with Gasteiger partial charge in [0.1, 0.15) is 5.75 Å². The first kappa shape index (κ1) is 18.0. The van der Waals surface area contributed by atoms with Gasteiger partial charge in [0.15, 0.2) is 6.61 Å². The van der Waals surface area contributed by atoms with E-state index in [-0.39, 0.29) is 25.0 Å². The zero-order chi connectivity index (χ0) is 17.5. The van der Waals surface area contributed by atoms with Crippen LogP contribution in [0.5, 0.6) is 5.75 Å². The molecule has 5 nitrogen and oxygen atoms in total. The van der Waals surface area contributed by atoms with Crippen LogP contribution in [-0.4, -0.2) is 25.0 Å². The van der Waals surface area contributed by atoms with Crippen LogP contribution in [0.25, 0.3) is 0 Å². The summed E-state index contributed by atoms with van der Waals surface area (Å²) >= 11 is 3.35. The first-order chi connectivity index (χ1) is 11.5. The van der Waals surface area contributed by atoms with E-state index in [2.05, 4.69) is 26.6 Å². The number of carbonyl (C=O) groups excluding carboxylic acids is 2. The fraction of sp³-hybridized carbons (Fsp3) is 0.222. The van der Waals surface area contributed by atoms with Crippen molar-refractivity contribution < 1.29 is 14.3 Å². The first-order valence-electron chi connectivity index (χ1n) is 7.47. The summed E-state index contributed by atoms with van der Waals surface area (Å²) < 4.78 is 6.28. The fourth-order valence-electron chi connectivity index (χ4n) is 2.01. The third-order valence-corrected chi connectivity index (χ3v) is 4.20. The molecule has 2 aromatic carbocycles. The van der Waals surface area contributed by atoms with Crippen LogP contribution in [0.15, 0.2) is 46.9 Å². The SMILES string of the molecule is Cc1cccc(OCC(=O)NCC(=O)Nc2ccccc2Br)c1C. The molecule has 0 aromatic heterocycles. The Bertz CT molecular complexity index is 747. The Morgan fingerprint density at radius 2 is 1.79 bits per heavy atom. The van der Waals surface area contributed by atoms with Crippen LogP contribution in [-0.2, 0) is 9.59 Å². The zero-order valence-electron chi connectivity index (χ0n) is 13.6. The molecular formula is C18H19BrN2O3. The lowest BCUT2D eigenvalue weighted by molar-refractivity contribution is -0.125. The lowest BCUT2D eigenvalue weighted by Crippen LogP contribution is -2.35. The van der Waals surface area contributed by atoms with E-state index in [1.807, 2.05) is 50.2 Å². The third-order valence-electron chi connectivity index (χ3n) is 3.51. The van der Waals surface area contributed by atoms with Gasteiger partial charge in [-0.2, -0.15) is 0 Å². The maximum absolute atomic E-state index is 11.9. The minimum atomic E-state index is -0.349. The summed E-state index contributed by atoms with van der Waals surface area (Å²) in [5.41, 5.74) is 2.75. The molecule has 0 unspecified atom stereocenters. The Balaban J connectivity index is 1.78. The highest BCUT2D eigenvalue weighted by Gasteiger charge is 2.09. The minimum absolute atomic E-state index is 0.115. The summed E-state index contributed by atoms with van der Waals surface area (Å²) in [7, 11) is 0. The molecule has 6 heteroatoms. The normalized spacial score (nSPS) is 10.1. The van der Waals surface area contributed by atoms with Gasteiger partial charge in [-0.15, -0.1) is 0 Å². The highest BCUT2D eigenvalue weighted by Crippen LogP contribution is 2.21. The molecule has 2 N–H and O–H groups in total. The average Bonchev–Trinajstić information content (AvgIpc) is 2.56. The monoisotopic (exact) mass is 390 g/mol. The maximum Gasteiger partial charge on any atom is 0.258 e. The molecule has 0 aliphatic heterocycles. The quantitative estimate of drug-likeness (QED) is 0.795. The molecule has 2 aromatic rings. The molecule has 0 heterocycles. The number of hydrogen-bond acceptors (Lipinski definition) is 3. The smallest absolute Gasteiger partial charge is 0.258 e. The van der Waals surface area contributed by atoms with Crippen molar-refractivity contribution in [3.05, 3.63) is 58.1 Å². The number of rotatable bonds is 6. The van der Waals surface area contributed by atoms with Crippen LogP contribution in [0.1, 0.15) is 11.1 Å². The number of para-hydroxylation sites is 1. The van der Waals surface area contributed by atoms with E-state index in [9.17, 15) is 9.59 Å². The van der Waals surface area contributed by atoms with E-state index < -0.39 is 0 Å². The summed E-state index contributed by atoms with van der Waals surface area (Å²) in [5, 5.41) is 5.25. The summed E-state index contributed by atoms with van der Waals surface area (Å²) in [6, 6.07) is 12.9. The van der Waals surface area contributed by atoms with Crippen molar-refractivity contribution in [2.75, 3.05) is 18.5 Å². The van der Waals surface area contributed by atoms with Gasteiger partial charge in [0.05, 0.1) is 12.2 Å². The summed E-state index contributed by atoms with van der Waals surface area (Å²) in [4.78, 5) is 23.7. The summed E-state index contributed by atoms with van der Waals surface area (Å²) in [6.07, 6.45) is 0. The lowest BCUT2D eigenvalue weighted by atomic mass is 10.1. The minimum Gasteiger partial charge on any atom is -0.483 e. The molecule has 2 rings (SSSR count). The highest BCUT2D eigenvalue weighted by atomic mass is 79.9. The summed E-state index contributed by atoms with van der Waals surface area (Å²) in [6.45, 7) is 3.67. The van der Waals surface area contributed by atoms with Crippen LogP contribution < -0.4 is 15.4 Å². The van der Waals surface area contributed by atoms with Crippen LogP contribution >= 0.6 is 15.9 Å². The Labute approximate surface area is 149 Å². The second kappa shape index (κ2) is 8.49. The molecule has 126 valence electrons. The van der Waals surface area contributed by atoms with Crippen LogP contribution in [0.2, 0.25) is 0 Å². The molecule has 0 radical (unpaired) electrons. The van der Waals surface area contributed by atoms with Crippen molar-refractivity contribution in [2.45, 2.75) is 13.8 Å². The highest BCUT2D eigenvalue weighted by molar-refractivity contribution is 9.10. The molecule has 0 saturated heterocycles. The van der Waals surface area contributed by atoms with Gasteiger partial charge >= 0.3 is 0 Å². The van der Waals surface area contributed by atoms with Crippen molar-refractivity contribution >= 4 is 33.4 Å². The van der Waals surface area contributed by atoms with E-state index in [4.69, 9.17) is 4.74 Å². The number of ether oxygens (including phenoxy) is 1. The molecule has 0 atom stereocenters. The molecule has 0 aliphatic rings. The Kier molecular flexibility index (Phi) is 6.37. The Morgan fingerprint density at radius 3 is 2.54 bits per heavy atom. The van der Waals surface area contributed by atoms with Crippen molar-refractivity contribution in [3.8, 4) is 5.75 Å². The number of benzene rings is 2. The molecule has 0 saturated carbocycles. The number of nitrogens with one attached hydrogen (secondary N) is 2. The van der Waals surface area contributed by atoms with Crippen molar-refractivity contribution in [3.63, 3.8) is 0 Å². The zero-order valence-corrected chi connectivity index (χ0v) is 15.1. The van der Waals surface area contributed by atoms with E-state index in [0.29, 0.717) is 11.4 Å². The van der Waals surface area contributed by atoms with Gasteiger partial charge in [-0.3, -0.25) is 9.59 Å². The van der Waals surface area contributed by atoms with E-state index in [1.54, 1.807) is 6.07 Å². The third kappa shape index (κ3) is 5.09. The Hall–Kier alpha value is -2.34. The number of aryl methyl sites for hydroxylation is 1. The first-order valence-corrected chi connectivity index (χ1v) is 8.27. The fourth-order valence-corrected chi connectivity index (χ4v) is 2.39. The van der Waals surface area contributed by atoms with E-state index in [1.165, 1.54) is 0 Å². The van der Waals surface area contributed by atoms with Gasteiger partial charge < -0.3 is 15.4 Å². The maximum atomic E-state index is 11.9. The van der Waals surface area contributed by atoms with Crippen LogP contribution in [0.3, 0.4) is 0 Å². The number of carbonyl (C=O) groups is 2. The average molecular weight is 391 g/mol. The summed E-state index contributed by atoms with van der Waals surface area (Å²) in [5.74, 6) is 0.0167. The van der Waals surface area contributed by atoms with E-state index in [0.717, 1.165) is 15.6 Å². The van der Waals surface area contributed by atoms with Gasteiger partial charge in [-0.25, -0.2) is 0 Å². The standard InChI is InChI=1S/C18H19BrN2O3/c1-12-6-5-9-16(13(12)2)24-11-18(23)20-10-17(22)21-15-8-4-3-7-14(15)19/h3-9H,10-11H2,1-2H3,(H,20,23)(H,21,22). The lowest BCUT2D eigenvalue weighted by Gasteiger charge is -2.11. The predicted molar refractivity (Wildman–Crippen MR) is 97.2 cm³/mol. The van der Waals surface area contributed by atoms with Gasteiger partial charge in [0.2, 0.25) is 5.91 Å². The van der Waals surface area contributed by atoms with Crippen LogP contribution in [0, 0.1) is 13.8 Å². The molecule has 24 heavy (non-hydrogen) atoms. The van der Waals surface area contributed by atoms with Crippen molar-refractivity contribution in [2.24, 2.45) is 0 Å². The predicted octanol–water partition coefficient (Wildman–Crippen LogP) is 3.20.